The number of nitrogens with zero attached hydrogens (tertiary/aromatic N) is 1. The Labute approximate surface area is 165 Å². The Bertz CT molecular complexity index is 833. The van der Waals surface area contributed by atoms with Gasteiger partial charge >= 0.3 is 0 Å². The van der Waals surface area contributed by atoms with E-state index >= 15 is 0 Å². The Balaban J connectivity index is 1.79. The van der Waals surface area contributed by atoms with E-state index in [0.29, 0.717) is 12.2 Å². The minimum Gasteiger partial charge on any atom is -0.326 e. The highest BCUT2D eigenvalue weighted by molar-refractivity contribution is 8.00. The van der Waals surface area contributed by atoms with Crippen LogP contribution in [0, 0.1) is 13.8 Å². The number of carbonyl (C=O) groups excluding carboxylic acids is 2. The van der Waals surface area contributed by atoms with Gasteiger partial charge in [0.05, 0.1) is 5.75 Å². The molecule has 0 aromatic heterocycles. The van der Waals surface area contributed by atoms with Crippen molar-refractivity contribution in [2.24, 2.45) is 0 Å². The van der Waals surface area contributed by atoms with E-state index in [1.807, 2.05) is 41.3 Å². The lowest BCUT2D eigenvalue weighted by molar-refractivity contribution is -0.116. The molecule has 1 aliphatic heterocycles. The Kier molecular flexibility index (Phi) is 6.22. The molecular formula is C22H26N2O2S. The SMILES string of the molecule is CCCCC(=O)Nc1ccc(C2SCC(=O)N2c2cccc(C)c2C)cc1. The number of amides is 2. The van der Waals surface area contributed by atoms with Gasteiger partial charge in [-0.15, -0.1) is 11.8 Å². The number of nitrogens with one attached hydrogen (secondary N) is 1. The van der Waals surface area contributed by atoms with Gasteiger partial charge in [-0.1, -0.05) is 37.6 Å². The van der Waals surface area contributed by atoms with Crippen molar-refractivity contribution in [3.8, 4) is 0 Å². The number of aryl methyl sites for hydroxylation is 1. The van der Waals surface area contributed by atoms with Gasteiger partial charge in [0.25, 0.3) is 0 Å². The summed E-state index contributed by atoms with van der Waals surface area (Å²) in [5, 5.41) is 2.90. The van der Waals surface area contributed by atoms with Gasteiger partial charge < -0.3 is 5.32 Å². The molecule has 5 heteroatoms. The third-order valence-electron chi connectivity index (χ3n) is 4.94. The first kappa shape index (κ1) is 19.5. The molecule has 0 radical (unpaired) electrons. The van der Waals surface area contributed by atoms with E-state index in [0.717, 1.165) is 35.3 Å². The highest BCUT2D eigenvalue weighted by Gasteiger charge is 2.34. The van der Waals surface area contributed by atoms with Gasteiger partial charge in [0.2, 0.25) is 11.8 Å². The molecule has 1 fully saturated rings. The zero-order valence-electron chi connectivity index (χ0n) is 16.1. The number of hydrogen-bond acceptors (Lipinski definition) is 3. The number of anilines is 2. The molecule has 2 amide bonds. The Hall–Kier alpha value is -2.27. The van der Waals surface area contributed by atoms with E-state index < -0.39 is 0 Å². The molecule has 142 valence electrons. The maximum absolute atomic E-state index is 12.6. The molecule has 0 saturated carbocycles. The van der Waals surface area contributed by atoms with Gasteiger partial charge in [0.15, 0.2) is 0 Å². The summed E-state index contributed by atoms with van der Waals surface area (Å²) in [6.45, 7) is 6.20. The van der Waals surface area contributed by atoms with Crippen LogP contribution in [-0.2, 0) is 9.59 Å². The summed E-state index contributed by atoms with van der Waals surface area (Å²) in [4.78, 5) is 26.4. The van der Waals surface area contributed by atoms with Crippen LogP contribution >= 0.6 is 11.8 Å². The second kappa shape index (κ2) is 8.61. The first-order chi connectivity index (χ1) is 13.0. The van der Waals surface area contributed by atoms with Crippen molar-refractivity contribution in [3.63, 3.8) is 0 Å². The zero-order chi connectivity index (χ0) is 19.4. The van der Waals surface area contributed by atoms with Crippen molar-refractivity contribution in [2.45, 2.75) is 45.4 Å². The Morgan fingerprint density at radius 2 is 1.93 bits per heavy atom. The molecule has 3 rings (SSSR count). The summed E-state index contributed by atoms with van der Waals surface area (Å²) >= 11 is 1.64. The molecule has 1 atom stereocenters. The molecule has 1 unspecified atom stereocenters. The van der Waals surface area contributed by atoms with Crippen molar-refractivity contribution >= 4 is 35.0 Å². The maximum atomic E-state index is 12.6. The van der Waals surface area contributed by atoms with Gasteiger partial charge in [-0.25, -0.2) is 0 Å². The van der Waals surface area contributed by atoms with Crippen LogP contribution in [0.15, 0.2) is 42.5 Å². The largest absolute Gasteiger partial charge is 0.326 e. The van der Waals surface area contributed by atoms with E-state index in [1.54, 1.807) is 11.8 Å². The summed E-state index contributed by atoms with van der Waals surface area (Å²) in [6, 6.07) is 13.9. The van der Waals surface area contributed by atoms with E-state index in [1.165, 1.54) is 5.56 Å². The highest BCUT2D eigenvalue weighted by atomic mass is 32.2. The topological polar surface area (TPSA) is 49.4 Å². The number of rotatable bonds is 6. The van der Waals surface area contributed by atoms with Crippen molar-refractivity contribution in [2.75, 3.05) is 16.0 Å². The van der Waals surface area contributed by atoms with Crippen LogP contribution in [0.5, 0.6) is 0 Å². The third-order valence-corrected chi connectivity index (χ3v) is 6.15. The van der Waals surface area contributed by atoms with E-state index in [2.05, 4.69) is 32.2 Å². The predicted octanol–water partition coefficient (Wildman–Crippen LogP) is 5.21. The molecule has 0 spiro atoms. The monoisotopic (exact) mass is 382 g/mol. The molecule has 1 heterocycles. The Morgan fingerprint density at radius 1 is 1.19 bits per heavy atom. The van der Waals surface area contributed by atoms with Gasteiger partial charge in [0, 0.05) is 17.8 Å². The minimum atomic E-state index is -0.0390. The molecule has 2 aromatic carbocycles. The van der Waals surface area contributed by atoms with E-state index in [4.69, 9.17) is 0 Å². The van der Waals surface area contributed by atoms with Gasteiger partial charge in [-0.2, -0.15) is 0 Å². The van der Waals surface area contributed by atoms with Gasteiger partial charge in [-0.05, 0) is 55.2 Å². The number of carbonyl (C=O) groups is 2. The molecule has 4 nitrogen and oxygen atoms in total. The summed E-state index contributed by atoms with van der Waals surface area (Å²) < 4.78 is 0. The second-order valence-corrected chi connectivity index (χ2v) is 7.99. The third kappa shape index (κ3) is 4.35. The number of benzene rings is 2. The summed E-state index contributed by atoms with van der Waals surface area (Å²) in [5.41, 5.74) is 5.16. The molecule has 1 N–H and O–H groups in total. The van der Waals surface area contributed by atoms with Crippen LogP contribution in [0.4, 0.5) is 11.4 Å². The fourth-order valence-corrected chi connectivity index (χ4v) is 4.39. The smallest absolute Gasteiger partial charge is 0.238 e. The van der Waals surface area contributed by atoms with E-state index in [-0.39, 0.29) is 17.2 Å². The Morgan fingerprint density at radius 3 is 2.63 bits per heavy atom. The van der Waals surface area contributed by atoms with Crippen molar-refractivity contribution < 1.29 is 9.59 Å². The number of thioether (sulfide) groups is 1. The van der Waals surface area contributed by atoms with Gasteiger partial charge in [0.1, 0.15) is 5.37 Å². The summed E-state index contributed by atoms with van der Waals surface area (Å²) in [5.74, 6) is 0.663. The highest BCUT2D eigenvalue weighted by Crippen LogP contribution is 2.43. The lowest BCUT2D eigenvalue weighted by atomic mass is 10.1. The minimum absolute atomic E-state index is 0.0390. The fourth-order valence-electron chi connectivity index (χ4n) is 3.22. The molecule has 27 heavy (non-hydrogen) atoms. The van der Waals surface area contributed by atoms with Gasteiger partial charge in [-0.3, -0.25) is 14.5 Å². The first-order valence-corrected chi connectivity index (χ1v) is 10.5. The van der Waals surface area contributed by atoms with Crippen LogP contribution in [0.3, 0.4) is 0 Å². The lowest BCUT2D eigenvalue weighted by Gasteiger charge is -2.26. The van der Waals surface area contributed by atoms with Crippen LogP contribution in [0.1, 0.15) is 48.3 Å². The maximum Gasteiger partial charge on any atom is 0.238 e. The number of unbranched alkanes of at least 4 members (excludes halogenated alkanes) is 1. The van der Waals surface area contributed by atoms with Crippen molar-refractivity contribution in [1.29, 1.82) is 0 Å². The predicted molar refractivity (Wildman–Crippen MR) is 113 cm³/mol. The average Bonchev–Trinajstić information content (AvgIpc) is 3.04. The first-order valence-electron chi connectivity index (χ1n) is 9.41. The molecular weight excluding hydrogens is 356 g/mol. The van der Waals surface area contributed by atoms with Crippen LogP contribution < -0.4 is 10.2 Å². The second-order valence-electron chi connectivity index (χ2n) is 6.92. The number of hydrogen-bond donors (Lipinski definition) is 1. The quantitative estimate of drug-likeness (QED) is 0.746. The lowest BCUT2D eigenvalue weighted by Crippen LogP contribution is -2.28. The zero-order valence-corrected chi connectivity index (χ0v) is 16.9. The van der Waals surface area contributed by atoms with Crippen molar-refractivity contribution in [1.82, 2.24) is 0 Å². The molecule has 0 bridgehead atoms. The van der Waals surface area contributed by atoms with E-state index in [9.17, 15) is 9.59 Å². The summed E-state index contributed by atoms with van der Waals surface area (Å²) in [6.07, 6.45) is 2.45. The molecule has 0 aliphatic carbocycles. The molecule has 2 aromatic rings. The molecule has 1 aliphatic rings. The normalized spacial score (nSPS) is 16.6. The van der Waals surface area contributed by atoms with Crippen LogP contribution in [-0.4, -0.2) is 17.6 Å². The van der Waals surface area contributed by atoms with Crippen LogP contribution in [0.2, 0.25) is 0 Å². The average molecular weight is 383 g/mol. The van der Waals surface area contributed by atoms with Crippen molar-refractivity contribution in [3.05, 3.63) is 59.2 Å². The standard InChI is InChI=1S/C22H26N2O2S/c1-4-5-9-20(25)23-18-12-10-17(11-13-18)22-24(21(26)14-27-22)19-8-6-7-15(2)16(19)3/h6-8,10-13,22H,4-5,9,14H2,1-3H3,(H,23,25). The molecule has 1 saturated heterocycles. The van der Waals surface area contributed by atoms with Crippen LogP contribution in [0.25, 0.3) is 0 Å². The fraction of sp³-hybridized carbons (Fsp3) is 0.364. The summed E-state index contributed by atoms with van der Waals surface area (Å²) in [7, 11) is 0.